The Bertz CT molecular complexity index is 909. The van der Waals surface area contributed by atoms with Crippen molar-refractivity contribution < 1.29 is 0 Å². The topological polar surface area (TPSA) is 51.3 Å². The number of hydrogen-bond acceptors (Lipinski definition) is 3. The third kappa shape index (κ3) is 2.87. The fourth-order valence-electron chi connectivity index (χ4n) is 3.55. The van der Waals surface area contributed by atoms with Gasteiger partial charge in [-0.1, -0.05) is 24.3 Å². The number of benzene rings is 1. The van der Waals surface area contributed by atoms with Crippen LogP contribution in [-0.2, 0) is 25.9 Å². The van der Waals surface area contributed by atoms with Crippen molar-refractivity contribution in [3.8, 4) is 0 Å². The first-order valence-corrected chi connectivity index (χ1v) is 8.67. The number of pyridine rings is 1. The lowest BCUT2D eigenvalue weighted by molar-refractivity contribution is 0.539. The van der Waals surface area contributed by atoms with Gasteiger partial charge in [0.2, 0.25) is 0 Å². The van der Waals surface area contributed by atoms with Crippen molar-refractivity contribution in [1.29, 1.82) is 0 Å². The number of aromatic nitrogens is 3. The van der Waals surface area contributed by atoms with Gasteiger partial charge in [0.05, 0.1) is 6.54 Å². The van der Waals surface area contributed by atoms with Crippen molar-refractivity contribution in [3.63, 3.8) is 0 Å². The summed E-state index contributed by atoms with van der Waals surface area (Å²) in [6.45, 7) is 2.16. The zero-order chi connectivity index (χ0) is 16.4. The minimum Gasteiger partial charge on any atom is -0.311 e. The molecule has 0 spiro atoms. The molecule has 4 rings (SSSR count). The molecule has 24 heavy (non-hydrogen) atoms. The molecule has 0 saturated heterocycles. The van der Waals surface area contributed by atoms with Crippen molar-refractivity contribution in [2.75, 3.05) is 6.54 Å². The Labute approximate surface area is 140 Å². The van der Waals surface area contributed by atoms with E-state index >= 15 is 0 Å². The van der Waals surface area contributed by atoms with Crippen LogP contribution < -0.4 is 11.0 Å². The van der Waals surface area contributed by atoms with Crippen molar-refractivity contribution in [2.24, 2.45) is 0 Å². The normalized spacial score (nSPS) is 14.0. The molecule has 5 heteroatoms. The van der Waals surface area contributed by atoms with E-state index in [2.05, 4.69) is 28.6 Å². The Morgan fingerprint density at radius 2 is 2.00 bits per heavy atom. The highest BCUT2D eigenvalue weighted by atomic mass is 16.2. The van der Waals surface area contributed by atoms with Crippen LogP contribution in [0.15, 0.2) is 47.4 Å². The molecule has 5 nitrogen and oxygen atoms in total. The average molecular weight is 322 g/mol. The first-order chi connectivity index (χ1) is 11.8. The fourth-order valence-corrected chi connectivity index (χ4v) is 3.55. The monoisotopic (exact) mass is 322 g/mol. The maximum absolute atomic E-state index is 12.2. The second-order valence-corrected chi connectivity index (χ2v) is 6.37. The molecule has 0 fully saturated rings. The van der Waals surface area contributed by atoms with Gasteiger partial charge in [-0.05, 0) is 54.5 Å². The molecule has 0 radical (unpaired) electrons. The molecule has 0 amide bonds. The number of nitrogens with zero attached hydrogens (tertiary/aromatic N) is 3. The molecule has 0 saturated carbocycles. The molecular weight excluding hydrogens is 300 g/mol. The Morgan fingerprint density at radius 1 is 1.08 bits per heavy atom. The van der Waals surface area contributed by atoms with E-state index in [9.17, 15) is 4.79 Å². The van der Waals surface area contributed by atoms with E-state index in [0.29, 0.717) is 12.2 Å². The molecule has 3 aromatic rings. The lowest BCUT2D eigenvalue weighted by Crippen LogP contribution is -2.27. The molecule has 1 N–H and O–H groups in total. The van der Waals surface area contributed by atoms with Crippen LogP contribution in [0, 0.1) is 0 Å². The molecular formula is C19H22N4O. The number of aryl methyl sites for hydroxylation is 1. The first-order valence-electron chi connectivity index (χ1n) is 8.67. The van der Waals surface area contributed by atoms with E-state index in [1.165, 1.54) is 47.1 Å². The highest BCUT2D eigenvalue weighted by Gasteiger charge is 2.12. The SMILES string of the molecule is O=c1n(CCNCc2cccc3c2CCCC3)nc2ccccn12. The van der Waals surface area contributed by atoms with Crippen LogP contribution in [0.2, 0.25) is 0 Å². The number of rotatable bonds is 5. The average Bonchev–Trinajstić information content (AvgIpc) is 2.95. The van der Waals surface area contributed by atoms with Gasteiger partial charge in [0, 0.05) is 19.3 Å². The van der Waals surface area contributed by atoms with E-state index in [-0.39, 0.29) is 5.69 Å². The number of nitrogens with one attached hydrogen (secondary N) is 1. The smallest absolute Gasteiger partial charge is 0.311 e. The van der Waals surface area contributed by atoms with Crippen LogP contribution >= 0.6 is 0 Å². The Hall–Kier alpha value is -2.40. The van der Waals surface area contributed by atoms with E-state index in [4.69, 9.17) is 0 Å². The summed E-state index contributed by atoms with van der Waals surface area (Å²) in [4.78, 5) is 12.2. The summed E-state index contributed by atoms with van der Waals surface area (Å²) in [5, 5.41) is 7.82. The second kappa shape index (κ2) is 6.61. The van der Waals surface area contributed by atoms with Crippen molar-refractivity contribution in [3.05, 3.63) is 69.8 Å². The number of hydrogen-bond donors (Lipinski definition) is 1. The Balaban J connectivity index is 1.40. The molecule has 2 heterocycles. The van der Waals surface area contributed by atoms with Crippen LogP contribution in [0.1, 0.15) is 29.5 Å². The van der Waals surface area contributed by atoms with Crippen LogP contribution in [0.25, 0.3) is 5.65 Å². The van der Waals surface area contributed by atoms with Crippen molar-refractivity contribution >= 4 is 5.65 Å². The van der Waals surface area contributed by atoms with Crippen molar-refractivity contribution in [1.82, 2.24) is 19.5 Å². The van der Waals surface area contributed by atoms with Gasteiger partial charge < -0.3 is 5.32 Å². The summed E-state index contributed by atoms with van der Waals surface area (Å²) >= 11 is 0. The quantitative estimate of drug-likeness (QED) is 0.733. The lowest BCUT2D eigenvalue weighted by Gasteiger charge is -2.19. The van der Waals surface area contributed by atoms with Gasteiger partial charge in [-0.25, -0.2) is 9.48 Å². The third-order valence-electron chi connectivity index (χ3n) is 4.80. The second-order valence-electron chi connectivity index (χ2n) is 6.37. The van der Waals surface area contributed by atoms with Crippen LogP contribution in [0.4, 0.5) is 0 Å². The summed E-state index contributed by atoms with van der Waals surface area (Å²) < 4.78 is 3.11. The summed E-state index contributed by atoms with van der Waals surface area (Å²) in [6.07, 6.45) is 6.76. The number of fused-ring (bicyclic) bond motifs is 2. The summed E-state index contributed by atoms with van der Waals surface area (Å²) in [5.74, 6) is 0. The third-order valence-corrected chi connectivity index (χ3v) is 4.80. The van der Waals surface area contributed by atoms with Crippen molar-refractivity contribution in [2.45, 2.75) is 38.8 Å². The molecule has 0 aliphatic heterocycles. The minimum atomic E-state index is -0.0792. The molecule has 1 aromatic carbocycles. The van der Waals surface area contributed by atoms with Gasteiger partial charge in [-0.15, -0.1) is 5.10 Å². The molecule has 124 valence electrons. The molecule has 1 aliphatic rings. The lowest BCUT2D eigenvalue weighted by atomic mass is 9.88. The standard InChI is InChI=1S/C19H22N4O/c24-19-22-12-4-3-10-18(22)21-23(19)13-11-20-14-16-8-5-7-15-6-1-2-9-17(15)16/h3-5,7-8,10,12,20H,1-2,6,9,11,13-14H2. The van der Waals surface area contributed by atoms with Gasteiger partial charge in [0.1, 0.15) is 0 Å². The molecule has 0 bridgehead atoms. The largest absolute Gasteiger partial charge is 0.350 e. The summed E-state index contributed by atoms with van der Waals surface area (Å²) in [7, 11) is 0. The molecule has 2 aromatic heterocycles. The molecule has 0 atom stereocenters. The van der Waals surface area contributed by atoms with Gasteiger partial charge >= 0.3 is 5.69 Å². The van der Waals surface area contributed by atoms with Gasteiger partial charge in [-0.2, -0.15) is 0 Å². The van der Waals surface area contributed by atoms with Gasteiger partial charge in [0.25, 0.3) is 0 Å². The summed E-state index contributed by atoms with van der Waals surface area (Å²) in [6, 6.07) is 12.2. The van der Waals surface area contributed by atoms with Gasteiger partial charge in [-0.3, -0.25) is 4.40 Å². The zero-order valence-electron chi connectivity index (χ0n) is 13.7. The van der Waals surface area contributed by atoms with Gasteiger partial charge in [0.15, 0.2) is 5.65 Å². The predicted molar refractivity (Wildman–Crippen MR) is 94.2 cm³/mol. The first kappa shape index (κ1) is 15.1. The van der Waals surface area contributed by atoms with E-state index in [1.807, 2.05) is 18.2 Å². The fraction of sp³-hybridized carbons (Fsp3) is 0.368. The maximum Gasteiger partial charge on any atom is 0.350 e. The van der Waals surface area contributed by atoms with E-state index in [1.54, 1.807) is 10.6 Å². The molecule has 0 unspecified atom stereocenters. The highest BCUT2D eigenvalue weighted by molar-refractivity contribution is 5.37. The van der Waals surface area contributed by atoms with Crippen LogP contribution in [0.5, 0.6) is 0 Å². The maximum atomic E-state index is 12.2. The minimum absolute atomic E-state index is 0.0792. The van der Waals surface area contributed by atoms with E-state index < -0.39 is 0 Å². The highest BCUT2D eigenvalue weighted by Crippen LogP contribution is 2.24. The predicted octanol–water partition coefficient (Wildman–Crippen LogP) is 2.16. The Kier molecular flexibility index (Phi) is 4.17. The summed E-state index contributed by atoms with van der Waals surface area (Å²) in [5.41, 5.74) is 5.05. The zero-order valence-corrected chi connectivity index (χ0v) is 13.7. The Morgan fingerprint density at radius 3 is 2.92 bits per heavy atom. The molecule has 1 aliphatic carbocycles. The van der Waals surface area contributed by atoms with E-state index in [0.717, 1.165) is 13.1 Å². The van der Waals surface area contributed by atoms with Crippen LogP contribution in [0.3, 0.4) is 0 Å². The van der Waals surface area contributed by atoms with Crippen LogP contribution in [-0.4, -0.2) is 20.7 Å².